The van der Waals surface area contributed by atoms with Crippen LogP contribution in [-0.2, 0) is 0 Å². The van der Waals surface area contributed by atoms with Gasteiger partial charge in [0, 0.05) is 15.4 Å². The molecule has 0 bridgehead atoms. The molecule has 5 aromatic rings. The molecule has 3 heterocycles. The molecule has 0 atom stereocenters. The summed E-state index contributed by atoms with van der Waals surface area (Å²) in [4.78, 5) is 4.94. The van der Waals surface area contributed by atoms with Gasteiger partial charge in [-0.05, 0) is 47.5 Å². The third-order valence-corrected chi connectivity index (χ3v) is 9.12. The third-order valence-electron chi connectivity index (χ3n) is 5.56. The summed E-state index contributed by atoms with van der Waals surface area (Å²) in [5.41, 5.74) is 6.15. The van der Waals surface area contributed by atoms with Crippen LogP contribution in [0.4, 0.5) is 17.1 Å². The summed E-state index contributed by atoms with van der Waals surface area (Å²) >= 11 is 5.61. The van der Waals surface area contributed by atoms with Gasteiger partial charge in [-0.15, -0.1) is 22.7 Å². The maximum atomic E-state index is 2.41. The van der Waals surface area contributed by atoms with E-state index in [-0.39, 0.29) is 0 Å². The number of nitrogens with zero attached hydrogens (tertiary/aromatic N) is 1. The second-order valence-electron chi connectivity index (χ2n) is 7.90. The molecule has 0 amide bonds. The van der Waals surface area contributed by atoms with Gasteiger partial charge in [0.05, 0.1) is 19.8 Å². The van der Waals surface area contributed by atoms with Crippen molar-refractivity contribution in [2.45, 2.75) is 8.42 Å². The molecule has 1 aliphatic rings. The number of benzene rings is 3. The van der Waals surface area contributed by atoms with Crippen molar-refractivity contribution >= 4 is 75.8 Å². The molecule has 0 fully saturated rings. The van der Waals surface area contributed by atoms with Gasteiger partial charge in [0.2, 0.25) is 0 Å². The van der Waals surface area contributed by atoms with Crippen LogP contribution in [0.2, 0.25) is 0 Å². The Kier molecular flexibility index (Phi) is 5.94. The Hall–Kier alpha value is -3.31. The number of para-hydroxylation sites is 1. The van der Waals surface area contributed by atoms with E-state index in [2.05, 4.69) is 132 Å². The minimum absolute atomic E-state index is 1.19. The summed E-state index contributed by atoms with van der Waals surface area (Å²) in [7, 11) is 0. The average Bonchev–Trinajstić information content (AvgIpc) is 3.49. The highest BCUT2D eigenvalue weighted by Gasteiger charge is 2.28. The lowest BCUT2D eigenvalue weighted by Gasteiger charge is -2.28. The third kappa shape index (κ3) is 4.40. The molecule has 0 saturated heterocycles. The summed E-state index contributed by atoms with van der Waals surface area (Å²) in [5, 5.41) is 0. The van der Waals surface area contributed by atoms with Gasteiger partial charge in [-0.2, -0.15) is 0 Å². The van der Waals surface area contributed by atoms with Crippen molar-refractivity contribution in [3.63, 3.8) is 0 Å². The van der Waals surface area contributed by atoms with E-state index >= 15 is 0 Å². The van der Waals surface area contributed by atoms with Crippen LogP contribution in [0.25, 0.3) is 24.3 Å². The second kappa shape index (κ2) is 9.51. The molecule has 6 rings (SSSR count). The Morgan fingerprint density at radius 2 is 0.941 bits per heavy atom. The molecule has 164 valence electrons. The van der Waals surface area contributed by atoms with Crippen LogP contribution < -0.4 is 4.90 Å². The summed E-state index contributed by atoms with van der Waals surface area (Å²) in [6.45, 7) is 0. The van der Waals surface area contributed by atoms with Crippen LogP contribution in [-0.4, -0.2) is 0 Å². The molecular weight excluding hydrogens is 471 g/mol. The maximum absolute atomic E-state index is 2.41. The van der Waals surface area contributed by atoms with Gasteiger partial charge in [0.1, 0.15) is 0 Å². The fourth-order valence-corrected chi connectivity index (χ4v) is 7.74. The average molecular weight is 492 g/mol. The van der Waals surface area contributed by atoms with E-state index in [0.717, 1.165) is 0 Å². The van der Waals surface area contributed by atoms with E-state index in [9.17, 15) is 0 Å². The molecule has 2 aromatic heterocycles. The van der Waals surface area contributed by atoms with E-state index in [1.807, 2.05) is 34.4 Å². The largest absolute Gasteiger partial charge is 0.306 e. The van der Waals surface area contributed by atoms with Crippen molar-refractivity contribution in [2.24, 2.45) is 0 Å². The van der Waals surface area contributed by atoms with Crippen molar-refractivity contribution in [3.05, 3.63) is 124 Å². The first kappa shape index (κ1) is 21.2. The number of hydrogen-bond donors (Lipinski definition) is 0. The lowest BCUT2D eigenvalue weighted by Crippen LogP contribution is -2.11. The maximum Gasteiger partial charge on any atom is 0.0902 e. The molecule has 0 N–H and O–H groups in total. The van der Waals surface area contributed by atoms with Gasteiger partial charge in [0.15, 0.2) is 0 Å². The Morgan fingerprint density at radius 3 is 1.41 bits per heavy atom. The summed E-state index contributed by atoms with van der Waals surface area (Å²) < 4.78 is 2.68. The van der Waals surface area contributed by atoms with E-state index < -0.39 is 0 Å². The zero-order valence-electron chi connectivity index (χ0n) is 18.3. The van der Waals surface area contributed by atoms with Crippen molar-refractivity contribution in [2.75, 3.05) is 4.90 Å². The zero-order valence-corrected chi connectivity index (χ0v) is 20.7. The topological polar surface area (TPSA) is 3.24 Å². The minimum atomic E-state index is 1.19. The standard InChI is InChI=1S/C30H21NS3/c1-4-10-22(11-5-1)16-18-25-20-27-29(32-25)34-30-28(31(27)24-14-8-3-9-15-24)21-26(33-30)19-17-23-12-6-2-7-13-23/h1-21H/b18-16+,19-17+. The molecular formula is C30H21NS3. The van der Waals surface area contributed by atoms with Gasteiger partial charge in [0.25, 0.3) is 0 Å². The number of hydrogen-bond acceptors (Lipinski definition) is 4. The number of fused-ring (bicyclic) bond motifs is 2. The molecule has 1 aliphatic heterocycles. The van der Waals surface area contributed by atoms with Gasteiger partial charge in [-0.1, -0.05) is 103 Å². The smallest absolute Gasteiger partial charge is 0.0902 e. The Morgan fingerprint density at radius 1 is 0.500 bits per heavy atom. The van der Waals surface area contributed by atoms with E-state index in [0.29, 0.717) is 0 Å². The van der Waals surface area contributed by atoms with Crippen molar-refractivity contribution in [3.8, 4) is 0 Å². The molecule has 3 aromatic carbocycles. The molecule has 0 radical (unpaired) electrons. The van der Waals surface area contributed by atoms with Crippen LogP contribution in [0.3, 0.4) is 0 Å². The first-order chi connectivity index (χ1) is 16.8. The highest BCUT2D eigenvalue weighted by Crippen LogP contribution is 2.57. The van der Waals surface area contributed by atoms with Crippen molar-refractivity contribution < 1.29 is 0 Å². The monoisotopic (exact) mass is 491 g/mol. The zero-order chi connectivity index (χ0) is 22.7. The number of thiophene rings is 2. The molecule has 0 saturated carbocycles. The first-order valence-corrected chi connectivity index (χ1v) is 13.6. The normalized spacial score (nSPS) is 12.9. The first-order valence-electron chi connectivity index (χ1n) is 11.1. The molecule has 0 aliphatic carbocycles. The van der Waals surface area contributed by atoms with E-state index in [4.69, 9.17) is 0 Å². The van der Waals surface area contributed by atoms with Crippen LogP contribution in [0.15, 0.2) is 112 Å². The summed E-state index contributed by atoms with van der Waals surface area (Å²) in [6.07, 6.45) is 8.84. The lowest BCUT2D eigenvalue weighted by molar-refractivity contribution is 1.23. The van der Waals surface area contributed by atoms with E-state index in [1.165, 1.54) is 46.4 Å². The van der Waals surface area contributed by atoms with Crippen LogP contribution >= 0.6 is 34.4 Å². The molecule has 34 heavy (non-hydrogen) atoms. The highest BCUT2D eigenvalue weighted by molar-refractivity contribution is 8.03. The van der Waals surface area contributed by atoms with Crippen LogP contribution in [0.1, 0.15) is 20.9 Å². The molecule has 0 unspecified atom stereocenters. The molecule has 1 nitrogen and oxygen atoms in total. The highest BCUT2D eigenvalue weighted by atomic mass is 32.2. The fraction of sp³-hybridized carbons (Fsp3) is 0. The number of anilines is 3. The van der Waals surface area contributed by atoms with Crippen LogP contribution in [0, 0.1) is 0 Å². The van der Waals surface area contributed by atoms with Crippen molar-refractivity contribution in [1.29, 1.82) is 0 Å². The van der Waals surface area contributed by atoms with Gasteiger partial charge >= 0.3 is 0 Å². The Labute approximate surface area is 212 Å². The summed E-state index contributed by atoms with van der Waals surface area (Å²) in [5.74, 6) is 0. The predicted octanol–water partition coefficient (Wildman–Crippen LogP) is 10.1. The van der Waals surface area contributed by atoms with Crippen molar-refractivity contribution in [1.82, 2.24) is 0 Å². The van der Waals surface area contributed by atoms with E-state index in [1.54, 1.807) is 0 Å². The Balaban J connectivity index is 1.37. The lowest BCUT2D eigenvalue weighted by atomic mass is 10.2. The Bertz CT molecular complexity index is 1370. The summed E-state index contributed by atoms with van der Waals surface area (Å²) in [6, 6.07) is 36.3. The fourth-order valence-electron chi connectivity index (χ4n) is 3.94. The predicted molar refractivity (Wildman–Crippen MR) is 152 cm³/mol. The van der Waals surface area contributed by atoms with Gasteiger partial charge in [-0.3, -0.25) is 0 Å². The molecule has 0 spiro atoms. The minimum Gasteiger partial charge on any atom is -0.306 e. The second-order valence-corrected chi connectivity index (χ2v) is 11.6. The van der Waals surface area contributed by atoms with Gasteiger partial charge in [-0.25, -0.2) is 0 Å². The quantitative estimate of drug-likeness (QED) is 0.236. The molecule has 4 heteroatoms. The van der Waals surface area contributed by atoms with Crippen LogP contribution in [0.5, 0.6) is 0 Å². The SMILES string of the molecule is C(=C\c1cc2c(s1)Sc1sc(/C=C/c3ccccc3)cc1N2c1ccccc1)/c1ccccc1. The van der Waals surface area contributed by atoms with Gasteiger partial charge < -0.3 is 4.90 Å². The number of rotatable bonds is 5.